The van der Waals surface area contributed by atoms with Gasteiger partial charge in [0.2, 0.25) is 0 Å². The number of halogens is 3. The Labute approximate surface area is 674 Å². The largest absolute Gasteiger partial charge is 0.468 e. The number of anilines is 12. The van der Waals surface area contributed by atoms with Crippen LogP contribution < -0.4 is 81.7 Å². The number of hydrogen-bond acceptors (Lipinski definition) is 25. The third-order valence-corrected chi connectivity index (χ3v) is 20.3. The number of pyridine rings is 8. The van der Waals surface area contributed by atoms with Crippen molar-refractivity contribution in [1.29, 1.82) is 0 Å². The Morgan fingerprint density at radius 3 is 1.01 bits per heavy atom. The highest BCUT2D eigenvalue weighted by atomic mass is 19.4. The molecule has 16 rings (SSSR count). The third-order valence-electron chi connectivity index (χ3n) is 20.3. The summed E-state index contributed by atoms with van der Waals surface area (Å²) in [6, 6.07) is 29.9. The number of nitrogens with one attached hydrogen (secondary N) is 8. The highest BCUT2D eigenvalue weighted by Gasteiger charge is 2.46. The van der Waals surface area contributed by atoms with Crippen LogP contribution in [0.3, 0.4) is 0 Å². The molecule has 0 aromatic carbocycles. The average Bonchev–Trinajstić information content (AvgIpc) is 1.59. The predicted molar refractivity (Wildman–Crippen MR) is 429 cm³/mol. The van der Waals surface area contributed by atoms with Crippen molar-refractivity contribution in [3.63, 3.8) is 0 Å². The minimum Gasteiger partial charge on any atom is -0.468 e. The van der Waals surface area contributed by atoms with Crippen LogP contribution in [-0.2, 0) is 19.0 Å². The molecule has 0 spiro atoms. The van der Waals surface area contributed by atoms with E-state index >= 15 is 0 Å². The van der Waals surface area contributed by atoms with Crippen molar-refractivity contribution < 1.29 is 75.6 Å². The number of rotatable bonds is 18. The number of alkyl halides is 3. The van der Waals surface area contributed by atoms with Gasteiger partial charge in [-0.3, -0.25) is 64.8 Å². The number of aliphatic hydroxyl groups is 1. The molecular formula is C78H87F3N24O13. The number of methoxy groups -OCH3 is 3. The van der Waals surface area contributed by atoms with Crippen molar-refractivity contribution in [3.8, 4) is 0 Å². The second kappa shape index (κ2) is 37.0. The van der Waals surface area contributed by atoms with Gasteiger partial charge in [-0.25, -0.2) is 59.0 Å². The van der Waals surface area contributed by atoms with Gasteiger partial charge in [-0.15, -0.1) is 0 Å². The Morgan fingerprint density at radius 1 is 0.424 bits per heavy atom. The van der Waals surface area contributed by atoms with E-state index in [2.05, 4.69) is 101 Å². The van der Waals surface area contributed by atoms with Gasteiger partial charge < -0.3 is 60.2 Å². The first-order valence-electron chi connectivity index (χ1n) is 38.0. The van der Waals surface area contributed by atoms with Crippen LogP contribution in [0, 0.1) is 0 Å². The normalized spacial score (nSPS) is 17.9. The van der Waals surface area contributed by atoms with Gasteiger partial charge in [0.25, 0.3) is 23.6 Å². The molecule has 8 bridgehead atoms. The van der Waals surface area contributed by atoms with Gasteiger partial charge in [-0.2, -0.15) is 13.2 Å². The molecule has 8 aliphatic heterocycles. The fourth-order valence-corrected chi connectivity index (χ4v) is 14.7. The molecule has 8 aliphatic rings. The molecule has 4 fully saturated rings. The number of hydrogen-bond donors (Lipinski definition) is 9. The van der Waals surface area contributed by atoms with Crippen LogP contribution in [-0.4, -0.2) is 247 Å². The summed E-state index contributed by atoms with van der Waals surface area (Å²) < 4.78 is 53.6. The third kappa shape index (κ3) is 19.0. The zero-order chi connectivity index (χ0) is 83.3. The summed E-state index contributed by atoms with van der Waals surface area (Å²) in [6.07, 6.45) is 4.85. The first kappa shape index (κ1) is 82.5. The molecule has 7 atom stereocenters. The Kier molecular flexibility index (Phi) is 25.8. The van der Waals surface area contributed by atoms with E-state index < -0.39 is 42.6 Å². The van der Waals surface area contributed by atoms with E-state index in [9.17, 15) is 56.3 Å². The molecule has 0 saturated carbocycles. The lowest BCUT2D eigenvalue weighted by Gasteiger charge is -2.35. The Morgan fingerprint density at radius 2 is 0.729 bits per heavy atom. The highest BCUT2D eigenvalue weighted by molar-refractivity contribution is 6.09. The zero-order valence-corrected chi connectivity index (χ0v) is 64.8. The Balaban J connectivity index is 0.000000137. The maximum absolute atomic E-state index is 13.2. The smallest absolute Gasteiger partial charge is 0.410 e. The van der Waals surface area contributed by atoms with E-state index in [1.807, 2.05) is 35.3 Å². The zero-order valence-electron chi connectivity index (χ0n) is 64.8. The monoisotopic (exact) mass is 1620 g/mol. The summed E-state index contributed by atoms with van der Waals surface area (Å²) in [5, 5.41) is 30.2. The number of carbonyl (C=O) groups excluding carboxylic acids is 9. The lowest BCUT2D eigenvalue weighted by Crippen LogP contribution is -2.49. The van der Waals surface area contributed by atoms with Gasteiger partial charge in [-0.1, -0.05) is 24.3 Å². The molecule has 118 heavy (non-hydrogen) atoms. The number of carbonyl (C=O) groups is 9. The van der Waals surface area contributed by atoms with E-state index in [0.29, 0.717) is 79.1 Å². The fraction of sp³-hybridized carbons (Fsp3) is 0.372. The topological polar surface area (TPSA) is 427 Å². The van der Waals surface area contributed by atoms with Crippen LogP contribution in [0.1, 0.15) is 81.5 Å². The number of nitrogens with zero attached hydrogens (tertiary/aromatic N) is 16. The molecule has 0 aliphatic carbocycles. The second-order valence-electron chi connectivity index (χ2n) is 28.4. The summed E-state index contributed by atoms with van der Waals surface area (Å²) >= 11 is 0. The van der Waals surface area contributed by atoms with Crippen molar-refractivity contribution in [2.45, 2.75) is 88.0 Å². The van der Waals surface area contributed by atoms with Crippen LogP contribution in [0.15, 0.2) is 146 Å². The second-order valence-corrected chi connectivity index (χ2v) is 28.4. The summed E-state index contributed by atoms with van der Waals surface area (Å²) in [5.41, 5.74) is 3.48. The van der Waals surface area contributed by atoms with Crippen molar-refractivity contribution in [2.75, 3.05) is 161 Å². The summed E-state index contributed by atoms with van der Waals surface area (Å²) in [4.78, 5) is 162. The Bertz CT molecular complexity index is 4980. The molecule has 9 N–H and O–H groups in total. The molecule has 37 nitrogen and oxygen atoms in total. The number of aliphatic hydroxyl groups excluding tert-OH is 1. The van der Waals surface area contributed by atoms with Gasteiger partial charge in [0.1, 0.15) is 58.6 Å². The van der Waals surface area contributed by atoms with Gasteiger partial charge in [0.05, 0.1) is 73.8 Å². The van der Waals surface area contributed by atoms with Crippen molar-refractivity contribution >= 4 is 123 Å². The van der Waals surface area contributed by atoms with Crippen LogP contribution in [0.2, 0.25) is 0 Å². The average molecular weight is 1630 g/mol. The fourth-order valence-electron chi connectivity index (χ4n) is 14.7. The van der Waals surface area contributed by atoms with Crippen molar-refractivity contribution in [3.05, 3.63) is 169 Å². The maximum Gasteiger partial charge on any atom is 0.410 e. The summed E-state index contributed by atoms with van der Waals surface area (Å²) in [5.74, 6) is 0.545. The van der Waals surface area contributed by atoms with Crippen LogP contribution in [0.4, 0.5) is 102 Å². The van der Waals surface area contributed by atoms with Crippen molar-refractivity contribution in [2.24, 2.45) is 0 Å². The number of aromatic nitrogens is 8. The highest BCUT2D eigenvalue weighted by Crippen LogP contribution is 2.44. The molecule has 4 saturated heterocycles. The quantitative estimate of drug-likeness (QED) is 0.0413. The standard InChI is InChI=1S/C20H21F3N6O3.C20H24N6O3.C19H20N6O4.C19H22N6O3/c1-32-11-15(20(21,22)23)26-18(30)13-5-6-14-17(25-13)29(12-7-9-28(14)10-12)19(31)27-16-4-2-3-8-24-16;1-13(12-29-2)22-19(27)15-6-7-16-18(23-15)26(14-8-10-25(16)11-14)20(28)24-17-5-3-4-9-21-17;1-29-16(26)10-21-18(27)13-5-6-14-17(22-13)25(12-7-9-24(14)11-12)19(28)23-15-4-2-3-8-20-15;1-12(11-26)21-18(27)14-5-6-15-17(22-14)25(13-7-9-24(15)10-13)19(28)23-16-4-2-3-8-20-16/h2-6,8,12,15H,7,9-11H2,1H3,(H,26,30)(H,24,27,31);3-7,9,13-14H,8,10-12H2,1-2H3,(H,22,27)(H,21,24,28);2-6,8,12H,7,9-11H2,1H3,(H,21,27)(H,20,23,28);2-6,8,12-13,26H,7,9-11H2,1H3,(H,21,27)(H,20,23,28)/t12-,15?;13?,14-;12-;12?,13-/m0000/s1. The lowest BCUT2D eigenvalue weighted by atomic mass is 10.1. The molecule has 8 aromatic heterocycles. The van der Waals surface area contributed by atoms with E-state index in [1.165, 1.54) is 24.3 Å². The maximum atomic E-state index is 13.2. The van der Waals surface area contributed by atoms with E-state index in [4.69, 9.17) is 9.84 Å². The molecule has 3 unspecified atom stereocenters. The van der Waals surface area contributed by atoms with E-state index in [0.717, 1.165) is 76.2 Å². The molecule has 12 amide bonds. The molecule has 8 aromatic rings. The van der Waals surface area contributed by atoms with Crippen LogP contribution in [0.5, 0.6) is 0 Å². The minimum atomic E-state index is -4.68. The number of fused-ring (bicyclic) bond motifs is 16. The number of amides is 12. The number of esters is 1. The van der Waals surface area contributed by atoms with E-state index in [1.54, 1.807) is 144 Å². The Hall–Kier alpha value is -13.5. The first-order valence-corrected chi connectivity index (χ1v) is 38.0. The SMILES string of the molecule is CC(CO)NC(=O)c1ccc2c(n1)N(C(=O)Nc1ccccn1)[C@H]1CCN2C1.COC(=O)CNC(=O)c1ccc2c(n1)N(C(=O)Nc1ccccn1)[C@H]1CCN2C1.COCC(C)NC(=O)c1ccc2c(n1)N(C(=O)Nc1ccccn1)[C@H]1CCN2C1.COCC(NC(=O)c1ccc2c(n1)N(C(=O)Nc1ccccn1)[C@H]1CCN2C1)C(F)(F)F. The van der Waals surface area contributed by atoms with Gasteiger partial charge in [0, 0.05) is 103 Å². The van der Waals surface area contributed by atoms with Gasteiger partial charge in [-0.05, 0) is 137 Å². The molecule has 0 radical (unpaired) electrons. The molecular weight excluding hydrogens is 1540 g/mol. The van der Waals surface area contributed by atoms with Crippen LogP contribution >= 0.6 is 0 Å². The summed E-state index contributed by atoms with van der Waals surface area (Å²) in [6.45, 7) is 8.80. The number of ether oxygens (including phenoxy) is 3. The molecule has 40 heteroatoms. The van der Waals surface area contributed by atoms with Gasteiger partial charge >= 0.3 is 36.3 Å². The summed E-state index contributed by atoms with van der Waals surface area (Å²) in [7, 11) is 3.94. The van der Waals surface area contributed by atoms with E-state index in [-0.39, 0.29) is 108 Å². The van der Waals surface area contributed by atoms with Crippen molar-refractivity contribution in [1.82, 2.24) is 61.1 Å². The predicted octanol–water partition coefficient (Wildman–Crippen LogP) is 6.51. The van der Waals surface area contributed by atoms with Gasteiger partial charge in [0.15, 0.2) is 23.3 Å². The number of urea groups is 4. The van der Waals surface area contributed by atoms with Crippen LogP contribution in [0.25, 0.3) is 0 Å². The molecule has 16 heterocycles. The lowest BCUT2D eigenvalue weighted by molar-refractivity contribution is -0.163. The molecule has 618 valence electrons. The minimum absolute atomic E-state index is 0.00411. The first-order chi connectivity index (χ1) is 57.0.